The van der Waals surface area contributed by atoms with Crippen LogP contribution in [0, 0.1) is 5.41 Å². The van der Waals surface area contributed by atoms with E-state index in [1.165, 1.54) is 7.11 Å². The average Bonchev–Trinajstić information content (AvgIpc) is 2.69. The molecule has 1 aromatic rings. The maximum atomic E-state index is 13.1. The normalized spacial score (nSPS) is 23.0. The number of nitrogens with zero attached hydrogens (tertiary/aromatic N) is 2. The number of aromatic hydroxyl groups is 1. The molecular weight excluding hydrogens is 344 g/mol. The summed E-state index contributed by atoms with van der Waals surface area (Å²) in [4.78, 5) is 29.2. The number of phenols is 1. The third kappa shape index (κ3) is 4.04. The van der Waals surface area contributed by atoms with Crippen molar-refractivity contribution in [3.8, 4) is 11.5 Å². The first-order valence-corrected chi connectivity index (χ1v) is 9.93. The molecule has 2 fully saturated rings. The van der Waals surface area contributed by atoms with Gasteiger partial charge in [0.15, 0.2) is 11.5 Å². The van der Waals surface area contributed by atoms with Crippen molar-refractivity contribution >= 4 is 11.8 Å². The van der Waals surface area contributed by atoms with Gasteiger partial charge in [0.25, 0.3) is 5.91 Å². The van der Waals surface area contributed by atoms with Gasteiger partial charge in [-0.25, -0.2) is 0 Å². The molecule has 2 heterocycles. The van der Waals surface area contributed by atoms with Crippen LogP contribution < -0.4 is 4.74 Å². The molecule has 2 aliphatic rings. The lowest BCUT2D eigenvalue weighted by molar-refractivity contribution is -0.139. The molecule has 0 aromatic heterocycles. The molecule has 2 amide bonds. The van der Waals surface area contributed by atoms with Crippen LogP contribution in [0.15, 0.2) is 18.2 Å². The Morgan fingerprint density at radius 3 is 2.85 bits per heavy atom. The first kappa shape index (κ1) is 19.5. The van der Waals surface area contributed by atoms with Crippen molar-refractivity contribution in [1.29, 1.82) is 0 Å². The third-order valence-corrected chi connectivity index (χ3v) is 5.93. The van der Waals surface area contributed by atoms with E-state index in [0.29, 0.717) is 25.3 Å². The topological polar surface area (TPSA) is 70.1 Å². The van der Waals surface area contributed by atoms with Crippen LogP contribution in [0.1, 0.15) is 55.8 Å². The number of amides is 2. The van der Waals surface area contributed by atoms with Gasteiger partial charge in [-0.1, -0.05) is 19.4 Å². The number of phenolic OH excluding ortho intramolecular Hbond substituents is 1. The number of unbranched alkanes of at least 4 members (excludes halogenated alkanes) is 1. The summed E-state index contributed by atoms with van der Waals surface area (Å²) < 4.78 is 5.13. The van der Waals surface area contributed by atoms with Gasteiger partial charge in [0, 0.05) is 38.0 Å². The predicted molar refractivity (Wildman–Crippen MR) is 103 cm³/mol. The zero-order chi connectivity index (χ0) is 19.4. The number of hydrogen-bond acceptors (Lipinski definition) is 4. The maximum absolute atomic E-state index is 13.1. The number of ether oxygens (including phenoxy) is 1. The summed E-state index contributed by atoms with van der Waals surface area (Å²) in [5.41, 5.74) is 0.255. The van der Waals surface area contributed by atoms with Crippen molar-refractivity contribution in [2.24, 2.45) is 5.41 Å². The molecule has 27 heavy (non-hydrogen) atoms. The lowest BCUT2D eigenvalue weighted by Gasteiger charge is -2.48. The van der Waals surface area contributed by atoms with Crippen LogP contribution in [0.25, 0.3) is 0 Å². The molecule has 0 saturated carbocycles. The first-order valence-electron chi connectivity index (χ1n) is 9.93. The number of rotatable bonds is 5. The molecule has 2 aliphatic heterocycles. The summed E-state index contributed by atoms with van der Waals surface area (Å²) in [7, 11) is 1.48. The molecule has 1 aromatic carbocycles. The molecule has 1 unspecified atom stereocenters. The van der Waals surface area contributed by atoms with Gasteiger partial charge in [0.2, 0.25) is 5.91 Å². The van der Waals surface area contributed by atoms with Crippen LogP contribution in [0.4, 0.5) is 0 Å². The lowest BCUT2D eigenvalue weighted by Crippen LogP contribution is -2.55. The highest BCUT2D eigenvalue weighted by Crippen LogP contribution is 2.40. The molecule has 3 rings (SSSR count). The number of hydrogen-bond donors (Lipinski definition) is 1. The van der Waals surface area contributed by atoms with Gasteiger partial charge in [0.1, 0.15) is 0 Å². The van der Waals surface area contributed by atoms with E-state index in [2.05, 4.69) is 6.92 Å². The van der Waals surface area contributed by atoms with E-state index < -0.39 is 0 Å². The second-order valence-corrected chi connectivity index (χ2v) is 7.86. The summed E-state index contributed by atoms with van der Waals surface area (Å²) in [6.07, 6.45) is 5.44. The third-order valence-electron chi connectivity index (χ3n) is 5.93. The fourth-order valence-corrected chi connectivity index (χ4v) is 4.40. The summed E-state index contributed by atoms with van der Waals surface area (Å²) >= 11 is 0. The van der Waals surface area contributed by atoms with Crippen molar-refractivity contribution < 1.29 is 19.4 Å². The SMILES string of the molecule is CCCCN1CC2(CCCN(C(=O)c3cccc(OC)c3O)C2)CCC1=O. The van der Waals surface area contributed by atoms with Gasteiger partial charge in [-0.3, -0.25) is 9.59 Å². The van der Waals surface area contributed by atoms with Crippen molar-refractivity contribution in [1.82, 2.24) is 9.80 Å². The summed E-state index contributed by atoms with van der Waals surface area (Å²) in [5, 5.41) is 10.3. The van der Waals surface area contributed by atoms with Crippen molar-refractivity contribution in [3.05, 3.63) is 23.8 Å². The van der Waals surface area contributed by atoms with E-state index in [0.717, 1.165) is 45.2 Å². The minimum atomic E-state index is -0.164. The Morgan fingerprint density at radius 1 is 1.30 bits per heavy atom. The Hall–Kier alpha value is -2.24. The number of likely N-dealkylation sites (tertiary alicyclic amines) is 2. The van der Waals surface area contributed by atoms with Gasteiger partial charge in [-0.2, -0.15) is 0 Å². The summed E-state index contributed by atoms with van der Waals surface area (Å²) in [5.74, 6) is 0.278. The van der Waals surface area contributed by atoms with Crippen molar-refractivity contribution in [3.63, 3.8) is 0 Å². The van der Waals surface area contributed by atoms with E-state index in [4.69, 9.17) is 4.74 Å². The Bertz CT molecular complexity index is 705. The monoisotopic (exact) mass is 374 g/mol. The van der Waals surface area contributed by atoms with Gasteiger partial charge < -0.3 is 19.6 Å². The molecule has 2 saturated heterocycles. The van der Waals surface area contributed by atoms with E-state index in [1.807, 2.05) is 9.80 Å². The van der Waals surface area contributed by atoms with Crippen LogP contribution >= 0.6 is 0 Å². The van der Waals surface area contributed by atoms with Crippen LogP contribution in [-0.2, 0) is 4.79 Å². The van der Waals surface area contributed by atoms with Gasteiger partial charge in [-0.15, -0.1) is 0 Å². The molecule has 1 spiro atoms. The Kier molecular flexibility index (Phi) is 5.92. The zero-order valence-electron chi connectivity index (χ0n) is 16.4. The van der Waals surface area contributed by atoms with E-state index >= 15 is 0 Å². The molecular formula is C21H30N2O4. The number of para-hydroxylation sites is 1. The highest BCUT2D eigenvalue weighted by molar-refractivity contribution is 5.97. The number of piperidine rings is 2. The molecule has 148 valence electrons. The quantitative estimate of drug-likeness (QED) is 0.860. The summed E-state index contributed by atoms with van der Waals surface area (Å²) in [6, 6.07) is 5.00. The highest BCUT2D eigenvalue weighted by Gasteiger charge is 2.42. The fourth-order valence-electron chi connectivity index (χ4n) is 4.40. The maximum Gasteiger partial charge on any atom is 0.257 e. The molecule has 1 N–H and O–H groups in total. The van der Waals surface area contributed by atoms with Gasteiger partial charge in [0.05, 0.1) is 12.7 Å². The van der Waals surface area contributed by atoms with Gasteiger partial charge >= 0.3 is 0 Å². The van der Waals surface area contributed by atoms with Crippen molar-refractivity contribution in [2.75, 3.05) is 33.3 Å². The zero-order valence-corrected chi connectivity index (χ0v) is 16.4. The molecule has 6 heteroatoms. The minimum Gasteiger partial charge on any atom is -0.504 e. The second kappa shape index (κ2) is 8.19. The molecule has 6 nitrogen and oxygen atoms in total. The van der Waals surface area contributed by atoms with E-state index in [1.54, 1.807) is 18.2 Å². The summed E-state index contributed by atoms with van der Waals surface area (Å²) in [6.45, 7) is 4.99. The predicted octanol–water partition coefficient (Wildman–Crippen LogP) is 3.05. The Balaban J connectivity index is 1.76. The molecule has 0 aliphatic carbocycles. The van der Waals surface area contributed by atoms with E-state index in [-0.39, 0.29) is 28.5 Å². The van der Waals surface area contributed by atoms with Gasteiger partial charge in [-0.05, 0) is 37.8 Å². The molecule has 0 radical (unpaired) electrons. The first-order chi connectivity index (χ1) is 13.0. The average molecular weight is 374 g/mol. The molecule has 0 bridgehead atoms. The Labute approximate surface area is 161 Å². The standard InChI is InChI=1S/C21H30N2O4/c1-3-4-12-22-14-21(11-9-18(22)24)10-6-13-23(15-21)20(26)16-7-5-8-17(27-2)19(16)25/h5,7-8,25H,3-4,6,9-15H2,1-2H3. The number of carbonyl (C=O) groups excluding carboxylic acids is 2. The lowest BCUT2D eigenvalue weighted by atomic mass is 9.73. The van der Waals surface area contributed by atoms with E-state index in [9.17, 15) is 14.7 Å². The van der Waals surface area contributed by atoms with Crippen LogP contribution in [0.3, 0.4) is 0 Å². The smallest absolute Gasteiger partial charge is 0.257 e. The fraction of sp³-hybridized carbons (Fsp3) is 0.619. The highest BCUT2D eigenvalue weighted by atomic mass is 16.5. The second-order valence-electron chi connectivity index (χ2n) is 7.86. The number of carbonyl (C=O) groups is 2. The minimum absolute atomic E-state index is 0.0238. The Morgan fingerprint density at radius 2 is 2.11 bits per heavy atom. The van der Waals surface area contributed by atoms with Crippen LogP contribution in [0.2, 0.25) is 0 Å². The van der Waals surface area contributed by atoms with Crippen LogP contribution in [-0.4, -0.2) is 60.0 Å². The van der Waals surface area contributed by atoms with Crippen LogP contribution in [0.5, 0.6) is 11.5 Å². The molecule has 1 atom stereocenters. The largest absolute Gasteiger partial charge is 0.504 e. The number of benzene rings is 1. The van der Waals surface area contributed by atoms with Crippen molar-refractivity contribution in [2.45, 2.75) is 45.4 Å². The number of methoxy groups -OCH3 is 1.